The Hall–Kier alpha value is -2.37. The highest BCUT2D eigenvalue weighted by Gasteiger charge is 2.22. The van der Waals surface area contributed by atoms with Crippen molar-refractivity contribution < 1.29 is 9.18 Å². The van der Waals surface area contributed by atoms with E-state index >= 15 is 0 Å². The molecule has 1 saturated heterocycles. The average Bonchev–Trinajstić information content (AvgIpc) is 3.12. The van der Waals surface area contributed by atoms with E-state index in [2.05, 4.69) is 10.4 Å². The molecule has 0 unspecified atom stereocenters. The van der Waals surface area contributed by atoms with Gasteiger partial charge in [0, 0.05) is 43.5 Å². The molecule has 6 heteroatoms. The molecule has 1 aliphatic heterocycles. The Bertz CT molecular complexity index is 725. The van der Waals surface area contributed by atoms with Crippen molar-refractivity contribution in [2.75, 3.05) is 16.8 Å². The molecule has 122 valence electrons. The Kier molecular flexibility index (Phi) is 4.32. The van der Waals surface area contributed by atoms with Crippen molar-refractivity contribution in [3.63, 3.8) is 0 Å². The molecule has 0 atom stereocenters. The lowest BCUT2D eigenvalue weighted by Gasteiger charge is -2.17. The minimum absolute atomic E-state index is 0.0997. The first kappa shape index (κ1) is 15.5. The third-order valence-electron chi connectivity index (χ3n) is 4.18. The van der Waals surface area contributed by atoms with Crippen LogP contribution in [0.15, 0.2) is 24.4 Å². The van der Waals surface area contributed by atoms with Gasteiger partial charge in [0.2, 0.25) is 5.91 Å². The number of aryl methyl sites for hydroxylation is 2. The maximum atomic E-state index is 14.0. The lowest BCUT2D eigenvalue weighted by molar-refractivity contribution is -0.117. The molecule has 1 aliphatic rings. The monoisotopic (exact) mass is 316 g/mol. The topological polar surface area (TPSA) is 50.2 Å². The zero-order valence-electron chi connectivity index (χ0n) is 13.5. The summed E-state index contributed by atoms with van der Waals surface area (Å²) in [4.78, 5) is 13.5. The van der Waals surface area contributed by atoms with Crippen molar-refractivity contribution in [2.24, 2.45) is 0 Å². The highest BCUT2D eigenvalue weighted by atomic mass is 19.1. The molecule has 1 N–H and O–H groups in total. The number of aromatic nitrogens is 2. The maximum Gasteiger partial charge on any atom is 0.227 e. The number of halogens is 1. The lowest BCUT2D eigenvalue weighted by Crippen LogP contribution is -2.23. The van der Waals surface area contributed by atoms with E-state index in [-0.39, 0.29) is 11.7 Å². The minimum atomic E-state index is -0.319. The van der Waals surface area contributed by atoms with Crippen LogP contribution in [0.4, 0.5) is 15.8 Å². The summed E-state index contributed by atoms with van der Waals surface area (Å²) in [6.07, 6.45) is 3.39. The molecular weight excluding hydrogens is 295 g/mol. The van der Waals surface area contributed by atoms with Gasteiger partial charge in [-0.15, -0.1) is 0 Å². The van der Waals surface area contributed by atoms with Crippen LogP contribution in [0.1, 0.15) is 31.0 Å². The molecule has 0 bridgehead atoms. The Morgan fingerprint density at radius 3 is 2.87 bits per heavy atom. The predicted octanol–water partition coefficient (Wildman–Crippen LogP) is 3.09. The standard InChI is InChI=1S/C17H21FN4O/c1-3-21-11-13(12(2)20-21)10-19-16-9-14(6-7-15(16)18)22-8-4-5-17(22)23/h6-7,9,11,19H,3-5,8,10H2,1-2H3. The summed E-state index contributed by atoms with van der Waals surface area (Å²) in [5, 5.41) is 7.50. The number of anilines is 2. The van der Waals surface area contributed by atoms with Gasteiger partial charge in [-0.3, -0.25) is 9.48 Å². The summed E-state index contributed by atoms with van der Waals surface area (Å²) in [5.41, 5.74) is 3.13. The summed E-state index contributed by atoms with van der Waals surface area (Å²) in [5.74, 6) is -0.219. The van der Waals surface area contributed by atoms with Gasteiger partial charge in [0.1, 0.15) is 5.82 Å². The smallest absolute Gasteiger partial charge is 0.227 e. The number of carbonyl (C=O) groups is 1. The van der Waals surface area contributed by atoms with Gasteiger partial charge in [0.05, 0.1) is 11.4 Å². The van der Waals surface area contributed by atoms with Gasteiger partial charge >= 0.3 is 0 Å². The summed E-state index contributed by atoms with van der Waals surface area (Å²) in [6, 6.07) is 4.77. The van der Waals surface area contributed by atoms with Gasteiger partial charge in [0.15, 0.2) is 0 Å². The fourth-order valence-corrected chi connectivity index (χ4v) is 2.82. The van der Waals surface area contributed by atoms with Crippen LogP contribution in [0.5, 0.6) is 0 Å². The molecule has 0 aliphatic carbocycles. The van der Waals surface area contributed by atoms with E-state index in [0.29, 0.717) is 25.2 Å². The average molecular weight is 316 g/mol. The van der Waals surface area contributed by atoms with Crippen LogP contribution in [0, 0.1) is 12.7 Å². The Morgan fingerprint density at radius 2 is 2.22 bits per heavy atom. The van der Waals surface area contributed by atoms with Crippen LogP contribution < -0.4 is 10.2 Å². The zero-order valence-corrected chi connectivity index (χ0v) is 13.5. The first-order valence-corrected chi connectivity index (χ1v) is 7.95. The quantitative estimate of drug-likeness (QED) is 0.922. The molecule has 1 aromatic heterocycles. The van der Waals surface area contributed by atoms with Crippen molar-refractivity contribution in [1.29, 1.82) is 0 Å². The SMILES string of the molecule is CCn1cc(CNc2cc(N3CCCC3=O)ccc2F)c(C)n1. The van der Waals surface area contributed by atoms with E-state index in [1.807, 2.05) is 24.7 Å². The second-order valence-corrected chi connectivity index (χ2v) is 5.76. The first-order chi connectivity index (χ1) is 11.1. The number of hydrogen-bond donors (Lipinski definition) is 1. The molecule has 0 spiro atoms. The Labute approximate surface area is 135 Å². The highest BCUT2D eigenvalue weighted by Crippen LogP contribution is 2.26. The molecule has 2 heterocycles. The summed E-state index contributed by atoms with van der Waals surface area (Å²) >= 11 is 0. The number of benzene rings is 1. The normalized spacial score (nSPS) is 14.6. The van der Waals surface area contributed by atoms with Crippen LogP contribution >= 0.6 is 0 Å². The number of carbonyl (C=O) groups excluding carboxylic acids is 1. The highest BCUT2D eigenvalue weighted by molar-refractivity contribution is 5.95. The third kappa shape index (κ3) is 3.21. The van der Waals surface area contributed by atoms with Gasteiger partial charge in [-0.2, -0.15) is 5.10 Å². The van der Waals surface area contributed by atoms with Crippen molar-refractivity contribution in [3.8, 4) is 0 Å². The Balaban J connectivity index is 1.76. The van der Waals surface area contributed by atoms with Gasteiger partial charge in [0.25, 0.3) is 0 Å². The van der Waals surface area contributed by atoms with Crippen molar-refractivity contribution in [1.82, 2.24) is 9.78 Å². The molecule has 5 nitrogen and oxygen atoms in total. The van der Waals surface area contributed by atoms with Crippen molar-refractivity contribution in [3.05, 3.63) is 41.5 Å². The molecule has 2 aromatic rings. The summed E-state index contributed by atoms with van der Waals surface area (Å²) in [7, 11) is 0. The number of rotatable bonds is 5. The molecular formula is C17H21FN4O. The van der Waals surface area contributed by atoms with Crippen LogP contribution in [-0.4, -0.2) is 22.2 Å². The number of nitrogens with zero attached hydrogens (tertiary/aromatic N) is 3. The maximum absolute atomic E-state index is 14.0. The number of nitrogens with one attached hydrogen (secondary N) is 1. The van der Waals surface area contributed by atoms with E-state index in [1.165, 1.54) is 6.07 Å². The van der Waals surface area contributed by atoms with E-state index in [9.17, 15) is 9.18 Å². The van der Waals surface area contributed by atoms with Crippen LogP contribution in [0.2, 0.25) is 0 Å². The fourth-order valence-electron chi connectivity index (χ4n) is 2.82. The second-order valence-electron chi connectivity index (χ2n) is 5.76. The van der Waals surface area contributed by atoms with Gasteiger partial charge in [-0.1, -0.05) is 0 Å². The van der Waals surface area contributed by atoms with E-state index < -0.39 is 0 Å². The van der Waals surface area contributed by atoms with Crippen LogP contribution in [0.25, 0.3) is 0 Å². The minimum Gasteiger partial charge on any atom is -0.378 e. The molecule has 3 rings (SSSR count). The predicted molar refractivity (Wildman–Crippen MR) is 88.0 cm³/mol. The number of hydrogen-bond acceptors (Lipinski definition) is 3. The van der Waals surface area contributed by atoms with Crippen LogP contribution in [0.3, 0.4) is 0 Å². The van der Waals surface area contributed by atoms with Crippen LogP contribution in [-0.2, 0) is 17.9 Å². The van der Waals surface area contributed by atoms with Crippen molar-refractivity contribution in [2.45, 2.75) is 39.8 Å². The van der Waals surface area contributed by atoms with Gasteiger partial charge in [-0.25, -0.2) is 4.39 Å². The summed E-state index contributed by atoms with van der Waals surface area (Å²) < 4.78 is 15.9. The number of amides is 1. The molecule has 0 saturated carbocycles. The third-order valence-corrected chi connectivity index (χ3v) is 4.18. The second kappa shape index (κ2) is 6.40. The van der Waals surface area contributed by atoms with Gasteiger partial charge in [-0.05, 0) is 38.5 Å². The summed E-state index contributed by atoms with van der Waals surface area (Å²) in [6.45, 7) is 5.98. The molecule has 23 heavy (non-hydrogen) atoms. The molecule has 1 aromatic carbocycles. The van der Waals surface area contributed by atoms with Gasteiger partial charge < -0.3 is 10.2 Å². The Morgan fingerprint density at radius 1 is 1.39 bits per heavy atom. The fraction of sp³-hybridized carbons (Fsp3) is 0.412. The largest absolute Gasteiger partial charge is 0.378 e. The molecule has 1 fully saturated rings. The van der Waals surface area contributed by atoms with E-state index in [0.717, 1.165) is 29.9 Å². The van der Waals surface area contributed by atoms with E-state index in [1.54, 1.807) is 17.0 Å². The molecule has 0 radical (unpaired) electrons. The van der Waals surface area contributed by atoms with Crippen molar-refractivity contribution >= 4 is 17.3 Å². The molecule has 1 amide bonds. The lowest BCUT2D eigenvalue weighted by atomic mass is 10.2. The zero-order chi connectivity index (χ0) is 16.4. The van der Waals surface area contributed by atoms with E-state index in [4.69, 9.17) is 0 Å². The first-order valence-electron chi connectivity index (χ1n) is 7.95.